The summed E-state index contributed by atoms with van der Waals surface area (Å²) in [4.78, 5) is 4.45. The van der Waals surface area contributed by atoms with Crippen LogP contribution in [0.4, 0.5) is 8.78 Å². The molecule has 134 valence electrons. The summed E-state index contributed by atoms with van der Waals surface area (Å²) >= 11 is 0. The molecule has 0 spiro atoms. The van der Waals surface area contributed by atoms with Gasteiger partial charge in [-0.15, -0.1) is 0 Å². The lowest BCUT2D eigenvalue weighted by atomic mass is 10.0. The summed E-state index contributed by atoms with van der Waals surface area (Å²) < 4.78 is 33.2. The number of fused-ring (bicyclic) bond motifs is 1. The molecule has 4 atom stereocenters. The lowest BCUT2D eigenvalue weighted by Gasteiger charge is -2.27. The van der Waals surface area contributed by atoms with E-state index >= 15 is 0 Å². The van der Waals surface area contributed by atoms with E-state index < -0.39 is 11.6 Å². The molecule has 2 aliphatic carbocycles. The Balaban J connectivity index is 1.62. The van der Waals surface area contributed by atoms with Gasteiger partial charge >= 0.3 is 0 Å². The van der Waals surface area contributed by atoms with Crippen LogP contribution in [0.1, 0.15) is 31.2 Å². The predicted molar refractivity (Wildman–Crippen MR) is 91.1 cm³/mol. The Morgan fingerprint density at radius 3 is 1.92 bits per heavy atom. The highest BCUT2D eigenvalue weighted by Gasteiger charge is 2.43. The standard InChI is InChI=1S/C19H28F2N2O/c1-22(2)14-5-12-7-15(8-13(12)6-14)23(3)11-17-18(20)9-16(24-4)10-19(17)21/h9-10,12-15H,5-8,11H2,1-4H3/t12-,13+,14?,15?. The van der Waals surface area contributed by atoms with Crippen molar-refractivity contribution in [2.75, 3.05) is 28.3 Å². The van der Waals surface area contributed by atoms with Gasteiger partial charge < -0.3 is 9.64 Å². The van der Waals surface area contributed by atoms with Crippen LogP contribution < -0.4 is 4.74 Å². The first-order valence-corrected chi connectivity index (χ1v) is 8.77. The van der Waals surface area contributed by atoms with Crippen LogP contribution in [0, 0.1) is 23.5 Å². The maximum atomic E-state index is 14.2. The maximum Gasteiger partial charge on any atom is 0.134 e. The van der Waals surface area contributed by atoms with E-state index in [9.17, 15) is 8.78 Å². The zero-order valence-electron chi connectivity index (χ0n) is 15.1. The Bertz CT molecular complexity index is 556. The summed E-state index contributed by atoms with van der Waals surface area (Å²) in [6, 6.07) is 3.64. The molecule has 3 rings (SSSR count). The van der Waals surface area contributed by atoms with Gasteiger partial charge in [0.1, 0.15) is 17.4 Å². The number of hydrogen-bond acceptors (Lipinski definition) is 3. The molecule has 0 radical (unpaired) electrons. The smallest absolute Gasteiger partial charge is 0.134 e. The van der Waals surface area contributed by atoms with E-state index in [4.69, 9.17) is 4.74 Å². The van der Waals surface area contributed by atoms with Gasteiger partial charge in [-0.05, 0) is 58.7 Å². The second-order valence-corrected chi connectivity index (χ2v) is 7.72. The van der Waals surface area contributed by atoms with Gasteiger partial charge in [0.05, 0.1) is 7.11 Å². The Kier molecular flexibility index (Phi) is 5.11. The van der Waals surface area contributed by atoms with Gasteiger partial charge in [0.15, 0.2) is 0 Å². The van der Waals surface area contributed by atoms with E-state index in [1.807, 2.05) is 7.05 Å². The Morgan fingerprint density at radius 2 is 1.46 bits per heavy atom. The number of benzene rings is 1. The molecule has 0 saturated heterocycles. The van der Waals surface area contributed by atoms with Crippen molar-refractivity contribution in [1.82, 2.24) is 9.80 Å². The largest absolute Gasteiger partial charge is 0.497 e. The average molecular weight is 338 g/mol. The van der Waals surface area contributed by atoms with Crippen LogP contribution in [-0.2, 0) is 6.54 Å². The Morgan fingerprint density at radius 1 is 0.958 bits per heavy atom. The van der Waals surface area contributed by atoms with E-state index in [2.05, 4.69) is 23.9 Å². The van der Waals surface area contributed by atoms with Gasteiger partial charge in [0.25, 0.3) is 0 Å². The van der Waals surface area contributed by atoms with E-state index in [0.29, 0.717) is 18.6 Å². The van der Waals surface area contributed by atoms with Crippen molar-refractivity contribution in [2.45, 2.75) is 44.3 Å². The fraction of sp³-hybridized carbons (Fsp3) is 0.684. The SMILES string of the molecule is COc1cc(F)c(CN(C)C2C[C@H]3CC(N(C)C)C[C@H]3C2)c(F)c1. The van der Waals surface area contributed by atoms with Gasteiger partial charge in [0, 0.05) is 36.3 Å². The molecule has 1 aromatic rings. The van der Waals surface area contributed by atoms with Crippen LogP contribution in [0.3, 0.4) is 0 Å². The number of rotatable bonds is 5. The molecular formula is C19H28F2N2O. The average Bonchev–Trinajstić information content (AvgIpc) is 3.09. The molecule has 24 heavy (non-hydrogen) atoms. The molecule has 0 aromatic heterocycles. The molecule has 0 aliphatic heterocycles. The van der Waals surface area contributed by atoms with Gasteiger partial charge in [-0.3, -0.25) is 4.90 Å². The van der Waals surface area contributed by atoms with Gasteiger partial charge in [0.2, 0.25) is 0 Å². The molecule has 2 aliphatic rings. The van der Waals surface area contributed by atoms with Crippen molar-refractivity contribution >= 4 is 0 Å². The lowest BCUT2D eigenvalue weighted by Crippen LogP contribution is -2.32. The monoisotopic (exact) mass is 338 g/mol. The summed E-state index contributed by atoms with van der Waals surface area (Å²) in [6.45, 7) is 0.308. The maximum absolute atomic E-state index is 14.2. The van der Waals surface area contributed by atoms with Crippen molar-refractivity contribution in [1.29, 1.82) is 0 Å². The Hall–Kier alpha value is -1.20. The minimum absolute atomic E-state index is 0.140. The van der Waals surface area contributed by atoms with Crippen LogP contribution in [0.5, 0.6) is 5.75 Å². The summed E-state index contributed by atoms with van der Waals surface area (Å²) in [5, 5.41) is 0. The molecule has 2 saturated carbocycles. The molecule has 3 nitrogen and oxygen atoms in total. The highest BCUT2D eigenvalue weighted by atomic mass is 19.1. The van der Waals surface area contributed by atoms with E-state index in [-0.39, 0.29) is 11.3 Å². The summed E-state index contributed by atoms with van der Waals surface area (Å²) in [5.74, 6) is 0.696. The van der Waals surface area contributed by atoms with Crippen molar-refractivity contribution < 1.29 is 13.5 Å². The van der Waals surface area contributed by atoms with Crippen LogP contribution >= 0.6 is 0 Å². The van der Waals surface area contributed by atoms with E-state index in [1.165, 1.54) is 32.1 Å². The number of hydrogen-bond donors (Lipinski definition) is 0. The number of ether oxygens (including phenoxy) is 1. The zero-order valence-corrected chi connectivity index (χ0v) is 15.1. The van der Waals surface area contributed by atoms with Crippen LogP contribution in [0.25, 0.3) is 0 Å². The van der Waals surface area contributed by atoms with Crippen molar-refractivity contribution in [3.63, 3.8) is 0 Å². The summed E-state index contributed by atoms with van der Waals surface area (Å²) in [6.07, 6.45) is 4.80. The normalized spacial score (nSPS) is 29.5. The first-order chi connectivity index (χ1) is 11.4. The second kappa shape index (κ2) is 6.96. The molecule has 5 heteroatoms. The first-order valence-electron chi connectivity index (χ1n) is 8.77. The minimum Gasteiger partial charge on any atom is -0.497 e. The molecule has 0 heterocycles. The number of halogens is 2. The van der Waals surface area contributed by atoms with Crippen LogP contribution in [-0.4, -0.2) is 50.1 Å². The summed E-state index contributed by atoms with van der Waals surface area (Å²) in [7, 11) is 7.71. The highest BCUT2D eigenvalue weighted by molar-refractivity contribution is 5.30. The Labute approximate surface area is 143 Å². The molecular weight excluding hydrogens is 310 g/mol. The van der Waals surface area contributed by atoms with E-state index in [1.54, 1.807) is 0 Å². The third-order valence-corrected chi connectivity index (χ3v) is 6.08. The topological polar surface area (TPSA) is 15.7 Å². The fourth-order valence-electron chi connectivity index (χ4n) is 4.56. The predicted octanol–water partition coefficient (Wildman–Crippen LogP) is 3.52. The molecule has 2 unspecified atom stereocenters. The first kappa shape index (κ1) is 17.6. The van der Waals surface area contributed by atoms with E-state index in [0.717, 1.165) is 24.7 Å². The highest BCUT2D eigenvalue weighted by Crippen LogP contribution is 2.46. The van der Waals surface area contributed by atoms with Crippen molar-refractivity contribution in [2.24, 2.45) is 11.8 Å². The number of nitrogens with zero attached hydrogens (tertiary/aromatic N) is 2. The second-order valence-electron chi connectivity index (χ2n) is 7.72. The minimum atomic E-state index is -0.524. The molecule has 0 bridgehead atoms. The third-order valence-electron chi connectivity index (χ3n) is 6.08. The van der Waals surface area contributed by atoms with Crippen molar-refractivity contribution in [3.05, 3.63) is 29.3 Å². The zero-order chi connectivity index (χ0) is 17.4. The molecule has 2 fully saturated rings. The fourth-order valence-corrected chi connectivity index (χ4v) is 4.56. The number of methoxy groups -OCH3 is 1. The summed E-state index contributed by atoms with van der Waals surface area (Å²) in [5.41, 5.74) is 0.140. The molecule has 1 aromatic carbocycles. The lowest BCUT2D eigenvalue weighted by molar-refractivity contribution is 0.207. The third kappa shape index (κ3) is 3.42. The molecule has 0 amide bonds. The van der Waals surface area contributed by atoms with Crippen LogP contribution in [0.2, 0.25) is 0 Å². The van der Waals surface area contributed by atoms with Gasteiger partial charge in [-0.25, -0.2) is 8.78 Å². The van der Waals surface area contributed by atoms with Crippen LogP contribution in [0.15, 0.2) is 12.1 Å². The quantitative estimate of drug-likeness (QED) is 0.817. The van der Waals surface area contributed by atoms with Crippen molar-refractivity contribution in [3.8, 4) is 5.75 Å². The van der Waals surface area contributed by atoms with Gasteiger partial charge in [-0.2, -0.15) is 0 Å². The molecule has 0 N–H and O–H groups in total. The van der Waals surface area contributed by atoms with Gasteiger partial charge in [-0.1, -0.05) is 0 Å².